The van der Waals surface area contributed by atoms with E-state index in [1.807, 2.05) is 0 Å². The second kappa shape index (κ2) is 3.41. The van der Waals surface area contributed by atoms with Crippen molar-refractivity contribution in [2.75, 3.05) is 0 Å². The van der Waals surface area contributed by atoms with Crippen LogP contribution in [-0.2, 0) is 14.9 Å². The molecule has 1 N–H and O–H groups in total. The largest absolute Gasteiger partial charge is 0.481 e. The Morgan fingerprint density at radius 3 is 2.47 bits per heavy atom. The lowest BCUT2D eigenvalue weighted by Gasteiger charge is -2.21. The Morgan fingerprint density at radius 2 is 1.88 bits per heavy atom. The third-order valence-electron chi connectivity index (χ3n) is 2.88. The number of carboxylic acid groups (broad SMARTS) is 1. The minimum atomic E-state index is -1.25. The van der Waals surface area contributed by atoms with Gasteiger partial charge >= 0.3 is 17.9 Å². The molecule has 0 saturated carbocycles. The molecule has 0 aliphatic carbocycles. The van der Waals surface area contributed by atoms with Crippen molar-refractivity contribution in [2.45, 2.75) is 19.3 Å². The lowest BCUT2D eigenvalue weighted by molar-refractivity contribution is -0.142. The number of fused-ring (bicyclic) bond motifs is 1. The number of carbonyl (C=O) groups excluding carboxylic acids is 2. The third kappa shape index (κ3) is 1.51. The Kier molecular flexibility index (Phi) is 2.27. The maximum atomic E-state index is 11.5. The minimum Gasteiger partial charge on any atom is -0.481 e. The molecule has 0 amide bonds. The summed E-state index contributed by atoms with van der Waals surface area (Å²) in [4.78, 5) is 34.0. The van der Waals surface area contributed by atoms with Crippen LogP contribution in [-0.4, -0.2) is 23.0 Å². The number of esters is 2. The molecule has 0 fully saturated rings. The van der Waals surface area contributed by atoms with Gasteiger partial charge in [-0.3, -0.25) is 4.79 Å². The first-order valence-electron chi connectivity index (χ1n) is 4.99. The van der Waals surface area contributed by atoms with Crippen LogP contribution in [0.3, 0.4) is 0 Å². The number of cyclic esters (lactones) is 2. The fraction of sp³-hybridized carbons (Fsp3) is 0.250. The van der Waals surface area contributed by atoms with Crippen molar-refractivity contribution < 1.29 is 24.2 Å². The summed E-state index contributed by atoms with van der Waals surface area (Å²) in [6.07, 6.45) is 0. The average molecular weight is 234 g/mol. The molecule has 5 nitrogen and oxygen atoms in total. The van der Waals surface area contributed by atoms with Crippen LogP contribution in [0.1, 0.15) is 40.1 Å². The van der Waals surface area contributed by atoms with Gasteiger partial charge in [0.1, 0.15) is 0 Å². The van der Waals surface area contributed by atoms with Gasteiger partial charge in [-0.1, -0.05) is 12.1 Å². The molecule has 0 aromatic heterocycles. The number of hydrogen-bond donors (Lipinski definition) is 1. The maximum absolute atomic E-state index is 11.5. The fourth-order valence-corrected chi connectivity index (χ4v) is 1.77. The van der Waals surface area contributed by atoms with Crippen molar-refractivity contribution >= 4 is 17.9 Å². The molecule has 17 heavy (non-hydrogen) atoms. The lowest BCUT2D eigenvalue weighted by atomic mass is 9.81. The van der Waals surface area contributed by atoms with Gasteiger partial charge in [-0.15, -0.1) is 0 Å². The van der Waals surface area contributed by atoms with Crippen LogP contribution < -0.4 is 0 Å². The highest BCUT2D eigenvalue weighted by molar-refractivity contribution is 6.16. The van der Waals surface area contributed by atoms with Crippen molar-refractivity contribution in [3.8, 4) is 0 Å². The molecule has 5 heteroatoms. The molecule has 0 atom stereocenters. The first-order valence-corrected chi connectivity index (χ1v) is 4.99. The van der Waals surface area contributed by atoms with Gasteiger partial charge in [0.25, 0.3) is 0 Å². The summed E-state index contributed by atoms with van der Waals surface area (Å²) in [5.41, 5.74) is -0.778. The molecule has 0 unspecified atom stereocenters. The second-order valence-corrected chi connectivity index (χ2v) is 4.34. The van der Waals surface area contributed by atoms with Gasteiger partial charge in [0.15, 0.2) is 0 Å². The summed E-state index contributed by atoms with van der Waals surface area (Å²) < 4.78 is 4.48. The van der Waals surface area contributed by atoms with Gasteiger partial charge in [0, 0.05) is 0 Å². The number of rotatable bonds is 2. The maximum Gasteiger partial charge on any atom is 0.347 e. The normalized spacial score (nSPS) is 14.5. The molecule has 0 saturated heterocycles. The molecule has 0 spiro atoms. The van der Waals surface area contributed by atoms with E-state index in [2.05, 4.69) is 4.74 Å². The van der Waals surface area contributed by atoms with Crippen molar-refractivity contribution in [2.24, 2.45) is 0 Å². The Balaban J connectivity index is 2.71. The summed E-state index contributed by atoms with van der Waals surface area (Å²) in [5.74, 6) is -2.58. The van der Waals surface area contributed by atoms with Gasteiger partial charge in [-0.25, -0.2) is 9.59 Å². The molecule has 1 aliphatic heterocycles. The van der Waals surface area contributed by atoms with E-state index in [0.29, 0.717) is 5.56 Å². The second-order valence-electron chi connectivity index (χ2n) is 4.34. The molecule has 1 aromatic carbocycles. The predicted molar refractivity (Wildman–Crippen MR) is 56.8 cm³/mol. The number of carboxylic acids is 1. The summed E-state index contributed by atoms with van der Waals surface area (Å²) in [6, 6.07) is 4.51. The SMILES string of the molecule is CC(C)(C(=O)O)c1cccc2c1C(=O)OC2=O. The van der Waals surface area contributed by atoms with Crippen molar-refractivity contribution in [3.05, 3.63) is 34.9 Å². The fourth-order valence-electron chi connectivity index (χ4n) is 1.77. The van der Waals surface area contributed by atoms with Gasteiger partial charge in [0.2, 0.25) is 0 Å². The molecule has 1 aliphatic rings. The van der Waals surface area contributed by atoms with Gasteiger partial charge < -0.3 is 9.84 Å². The van der Waals surface area contributed by atoms with E-state index in [-0.39, 0.29) is 11.1 Å². The number of aliphatic carboxylic acids is 1. The predicted octanol–water partition coefficient (Wildman–Crippen LogP) is 1.36. The number of benzene rings is 1. The third-order valence-corrected chi connectivity index (χ3v) is 2.88. The molecule has 0 bridgehead atoms. The van der Waals surface area contributed by atoms with E-state index < -0.39 is 23.3 Å². The Bertz CT molecular complexity index is 542. The molecular weight excluding hydrogens is 224 g/mol. The first kappa shape index (κ1) is 11.3. The van der Waals surface area contributed by atoms with Gasteiger partial charge in [-0.2, -0.15) is 0 Å². The number of carbonyl (C=O) groups is 3. The molecule has 88 valence electrons. The van der Waals surface area contributed by atoms with Gasteiger partial charge in [0.05, 0.1) is 16.5 Å². The van der Waals surface area contributed by atoms with Crippen LogP contribution in [0.4, 0.5) is 0 Å². The zero-order chi connectivity index (χ0) is 12.8. The van der Waals surface area contributed by atoms with Gasteiger partial charge in [-0.05, 0) is 25.5 Å². The molecule has 1 aromatic rings. The minimum absolute atomic E-state index is 0.0601. The van der Waals surface area contributed by atoms with Crippen LogP contribution in [0, 0.1) is 0 Å². The standard InChI is InChI=1S/C12H10O5/c1-12(2,11(15)16)7-5-3-4-6-8(7)10(14)17-9(6)13/h3-5H,1-2H3,(H,15,16). The van der Waals surface area contributed by atoms with Crippen LogP contribution in [0.2, 0.25) is 0 Å². The highest BCUT2D eigenvalue weighted by Gasteiger charge is 2.39. The summed E-state index contributed by atoms with van der Waals surface area (Å²) in [7, 11) is 0. The highest BCUT2D eigenvalue weighted by atomic mass is 16.6. The lowest BCUT2D eigenvalue weighted by Crippen LogP contribution is -2.30. The molecule has 0 radical (unpaired) electrons. The monoisotopic (exact) mass is 234 g/mol. The quantitative estimate of drug-likeness (QED) is 0.617. The summed E-state index contributed by atoms with van der Waals surface area (Å²) >= 11 is 0. The van der Waals surface area contributed by atoms with Crippen molar-refractivity contribution in [1.82, 2.24) is 0 Å². The van der Waals surface area contributed by atoms with E-state index in [9.17, 15) is 14.4 Å². The zero-order valence-corrected chi connectivity index (χ0v) is 9.31. The van der Waals surface area contributed by atoms with E-state index >= 15 is 0 Å². The average Bonchev–Trinajstić information content (AvgIpc) is 2.54. The van der Waals surface area contributed by atoms with Crippen LogP contribution >= 0.6 is 0 Å². The Labute approximate surface area is 97.0 Å². The van der Waals surface area contributed by atoms with Crippen molar-refractivity contribution in [1.29, 1.82) is 0 Å². The Morgan fingerprint density at radius 1 is 1.24 bits per heavy atom. The summed E-state index contributed by atoms with van der Waals surface area (Å²) in [5, 5.41) is 9.14. The smallest absolute Gasteiger partial charge is 0.347 e. The number of hydrogen-bond acceptors (Lipinski definition) is 4. The van der Waals surface area contributed by atoms with Crippen LogP contribution in [0.15, 0.2) is 18.2 Å². The van der Waals surface area contributed by atoms with E-state index in [0.717, 1.165) is 0 Å². The number of ether oxygens (including phenoxy) is 1. The summed E-state index contributed by atoms with van der Waals surface area (Å²) in [6.45, 7) is 2.95. The Hall–Kier alpha value is -2.17. The molecular formula is C12H10O5. The zero-order valence-electron chi connectivity index (χ0n) is 9.31. The van der Waals surface area contributed by atoms with Crippen LogP contribution in [0.5, 0.6) is 0 Å². The topological polar surface area (TPSA) is 80.7 Å². The van der Waals surface area contributed by atoms with Crippen molar-refractivity contribution in [3.63, 3.8) is 0 Å². The first-order chi connectivity index (χ1) is 7.85. The highest BCUT2D eigenvalue weighted by Crippen LogP contribution is 2.32. The molecule has 2 rings (SSSR count). The molecule has 1 heterocycles. The van der Waals surface area contributed by atoms with Crippen LogP contribution in [0.25, 0.3) is 0 Å². The van der Waals surface area contributed by atoms with E-state index in [1.165, 1.54) is 26.0 Å². The van der Waals surface area contributed by atoms with E-state index in [4.69, 9.17) is 5.11 Å². The van der Waals surface area contributed by atoms with E-state index in [1.54, 1.807) is 6.07 Å².